The van der Waals surface area contributed by atoms with Crippen molar-refractivity contribution in [1.29, 1.82) is 0 Å². The minimum absolute atomic E-state index is 0.689. The molecule has 0 bridgehead atoms. The molecule has 51 heavy (non-hydrogen) atoms. The summed E-state index contributed by atoms with van der Waals surface area (Å²) < 4.78 is 2.62. The number of pyridine rings is 2. The summed E-state index contributed by atoms with van der Waals surface area (Å²) in [6, 6.07) is 57.2. The van der Waals surface area contributed by atoms with Gasteiger partial charge < -0.3 is 0 Å². The maximum absolute atomic E-state index is 5.11. The highest BCUT2D eigenvalue weighted by atomic mass is 32.1. The molecule has 10 aromatic rings. The Morgan fingerprint density at radius 3 is 1.92 bits per heavy atom. The van der Waals surface area contributed by atoms with Gasteiger partial charge in [0, 0.05) is 59.4 Å². The van der Waals surface area contributed by atoms with E-state index < -0.39 is 0 Å². The minimum atomic E-state index is 0.689. The van der Waals surface area contributed by atoms with Crippen LogP contribution in [0.4, 0.5) is 0 Å². The van der Waals surface area contributed by atoms with E-state index in [1.54, 1.807) is 0 Å². The maximum Gasteiger partial charge on any atom is 0.160 e. The van der Waals surface area contributed by atoms with Crippen LogP contribution in [0.3, 0.4) is 0 Å². The first-order valence-corrected chi connectivity index (χ1v) is 17.8. The molecule has 10 rings (SSSR count). The van der Waals surface area contributed by atoms with Gasteiger partial charge in [0.25, 0.3) is 0 Å². The van der Waals surface area contributed by atoms with E-state index in [2.05, 4.69) is 145 Å². The van der Waals surface area contributed by atoms with E-state index in [0.717, 1.165) is 61.1 Å². The van der Waals surface area contributed by atoms with Gasteiger partial charge in [-0.1, -0.05) is 133 Å². The molecule has 6 aromatic carbocycles. The molecule has 0 saturated carbocycles. The number of hydrogen-bond acceptors (Lipinski definition) is 5. The Labute approximate surface area is 298 Å². The van der Waals surface area contributed by atoms with E-state index >= 15 is 0 Å². The van der Waals surface area contributed by atoms with E-state index in [4.69, 9.17) is 15.0 Å². The van der Waals surface area contributed by atoms with Crippen LogP contribution in [0, 0.1) is 0 Å². The molecule has 0 aliphatic carbocycles. The molecule has 0 atom stereocenters. The molecule has 0 saturated heterocycles. The normalized spacial score (nSPS) is 11.5. The van der Waals surface area contributed by atoms with Crippen molar-refractivity contribution in [2.24, 2.45) is 0 Å². The van der Waals surface area contributed by atoms with Gasteiger partial charge in [-0.3, -0.25) is 4.98 Å². The fourth-order valence-corrected chi connectivity index (χ4v) is 8.22. The molecule has 4 aromatic heterocycles. The largest absolute Gasteiger partial charge is 0.254 e. The number of fused-ring (bicyclic) bond motifs is 6. The zero-order chi connectivity index (χ0) is 33.7. The maximum atomic E-state index is 5.11. The van der Waals surface area contributed by atoms with Gasteiger partial charge in [0.1, 0.15) is 0 Å². The highest BCUT2D eigenvalue weighted by Crippen LogP contribution is 2.40. The fraction of sp³-hybridized carbons (Fsp3) is 0. The third-order valence-corrected chi connectivity index (χ3v) is 10.8. The summed E-state index contributed by atoms with van der Waals surface area (Å²) in [5.74, 6) is 0.689. The van der Waals surface area contributed by atoms with Crippen molar-refractivity contribution in [3.63, 3.8) is 0 Å². The van der Waals surface area contributed by atoms with Gasteiger partial charge in [0.15, 0.2) is 5.82 Å². The van der Waals surface area contributed by atoms with Crippen LogP contribution in [0.25, 0.3) is 98.3 Å². The fourth-order valence-electron chi connectivity index (χ4n) is 6.98. The molecular formula is C46H28N4S. The summed E-state index contributed by atoms with van der Waals surface area (Å²) in [5.41, 5.74) is 10.9. The number of thiophene rings is 1. The molecule has 0 fully saturated rings. The van der Waals surface area contributed by atoms with Gasteiger partial charge in [-0.05, 0) is 41.5 Å². The van der Waals surface area contributed by atoms with E-state index in [1.807, 2.05) is 41.8 Å². The lowest BCUT2D eigenvalue weighted by atomic mass is 9.99. The second-order valence-corrected chi connectivity index (χ2v) is 13.7. The van der Waals surface area contributed by atoms with Crippen LogP contribution in [0.2, 0.25) is 0 Å². The standard InChI is InChI=1S/C46H28N4S/c1-2-9-33(10-3-1)46-49-40(30-20-18-29(19-21-30)36-15-7-16-38-37-14-4-5-17-42(37)51-45(36)38)28-41(50-46)35-12-6-11-34(27-35)39-25-24-32-23-22-31-13-8-26-47-43(31)44(32)48-39/h1-28H. The molecule has 5 heteroatoms. The predicted molar refractivity (Wildman–Crippen MR) is 213 cm³/mol. The SMILES string of the molecule is c1ccc(-c2nc(-c3ccc(-c4cccc5c4sc4ccccc45)cc3)cc(-c3cccc(-c4ccc5ccc6cccnc6c5n4)c3)n2)cc1. The van der Waals surface area contributed by atoms with Gasteiger partial charge in [0.05, 0.1) is 28.1 Å². The lowest BCUT2D eigenvalue weighted by molar-refractivity contribution is 1.18. The van der Waals surface area contributed by atoms with Crippen LogP contribution in [0.15, 0.2) is 170 Å². The van der Waals surface area contributed by atoms with Crippen LogP contribution in [-0.4, -0.2) is 19.9 Å². The molecule has 4 nitrogen and oxygen atoms in total. The molecule has 0 amide bonds. The van der Waals surface area contributed by atoms with E-state index in [0.29, 0.717) is 5.82 Å². The molecule has 238 valence electrons. The first-order valence-electron chi connectivity index (χ1n) is 17.0. The Hall–Kier alpha value is -6.56. The van der Waals surface area contributed by atoms with Crippen molar-refractivity contribution in [2.75, 3.05) is 0 Å². The number of aromatic nitrogens is 4. The molecule has 4 heterocycles. The van der Waals surface area contributed by atoms with Crippen LogP contribution in [-0.2, 0) is 0 Å². The Balaban J connectivity index is 1.06. The minimum Gasteiger partial charge on any atom is -0.254 e. The van der Waals surface area contributed by atoms with Crippen molar-refractivity contribution in [3.8, 4) is 56.3 Å². The van der Waals surface area contributed by atoms with E-state index in [9.17, 15) is 0 Å². The molecular weight excluding hydrogens is 641 g/mol. The van der Waals surface area contributed by atoms with Crippen LogP contribution < -0.4 is 0 Å². The Kier molecular flexibility index (Phi) is 6.96. The highest BCUT2D eigenvalue weighted by Gasteiger charge is 2.14. The number of benzene rings is 6. The summed E-state index contributed by atoms with van der Waals surface area (Å²) in [5, 5.41) is 4.76. The zero-order valence-corrected chi connectivity index (χ0v) is 28.2. The average molecular weight is 669 g/mol. The Bertz CT molecular complexity index is 2910. The topological polar surface area (TPSA) is 51.6 Å². The second kappa shape index (κ2) is 12.1. The highest BCUT2D eigenvalue weighted by molar-refractivity contribution is 7.26. The van der Waals surface area contributed by atoms with Gasteiger partial charge in [0.2, 0.25) is 0 Å². The Morgan fingerprint density at radius 1 is 0.392 bits per heavy atom. The Morgan fingerprint density at radius 2 is 1.06 bits per heavy atom. The second-order valence-electron chi connectivity index (χ2n) is 12.7. The molecule has 0 radical (unpaired) electrons. The van der Waals surface area contributed by atoms with Gasteiger partial charge in [-0.25, -0.2) is 15.0 Å². The third kappa shape index (κ3) is 5.23. The third-order valence-electron chi connectivity index (χ3n) is 9.54. The van der Waals surface area contributed by atoms with Crippen molar-refractivity contribution in [1.82, 2.24) is 19.9 Å². The van der Waals surface area contributed by atoms with E-state index in [-0.39, 0.29) is 0 Å². The number of hydrogen-bond donors (Lipinski definition) is 0. The van der Waals surface area contributed by atoms with Gasteiger partial charge in [-0.15, -0.1) is 11.3 Å². The molecule has 0 spiro atoms. The smallest absolute Gasteiger partial charge is 0.160 e. The van der Waals surface area contributed by atoms with E-state index in [1.165, 1.54) is 31.3 Å². The number of nitrogens with zero attached hydrogens (tertiary/aromatic N) is 4. The first kappa shape index (κ1) is 29.4. The van der Waals surface area contributed by atoms with Crippen LogP contribution >= 0.6 is 11.3 Å². The predicted octanol–water partition coefficient (Wildman–Crippen LogP) is 12.3. The summed E-state index contributed by atoms with van der Waals surface area (Å²) in [6.07, 6.45) is 1.83. The quantitative estimate of drug-likeness (QED) is 0.171. The molecule has 0 N–H and O–H groups in total. The van der Waals surface area contributed by atoms with Gasteiger partial charge >= 0.3 is 0 Å². The number of rotatable bonds is 5. The lowest BCUT2D eigenvalue weighted by Crippen LogP contribution is -1.96. The first-order chi connectivity index (χ1) is 25.2. The molecule has 0 aliphatic heterocycles. The summed E-state index contributed by atoms with van der Waals surface area (Å²) in [4.78, 5) is 20.0. The van der Waals surface area contributed by atoms with Gasteiger partial charge in [-0.2, -0.15) is 0 Å². The lowest BCUT2D eigenvalue weighted by Gasteiger charge is -2.11. The van der Waals surface area contributed by atoms with Crippen molar-refractivity contribution < 1.29 is 0 Å². The van der Waals surface area contributed by atoms with Crippen molar-refractivity contribution >= 4 is 53.3 Å². The van der Waals surface area contributed by atoms with Crippen molar-refractivity contribution in [2.45, 2.75) is 0 Å². The summed E-state index contributed by atoms with van der Waals surface area (Å²) in [6.45, 7) is 0. The summed E-state index contributed by atoms with van der Waals surface area (Å²) >= 11 is 1.85. The molecule has 0 unspecified atom stereocenters. The molecule has 0 aliphatic rings. The zero-order valence-electron chi connectivity index (χ0n) is 27.4. The van der Waals surface area contributed by atoms with Crippen LogP contribution in [0.5, 0.6) is 0 Å². The monoisotopic (exact) mass is 668 g/mol. The van der Waals surface area contributed by atoms with Crippen LogP contribution in [0.1, 0.15) is 0 Å². The van der Waals surface area contributed by atoms with Crippen molar-refractivity contribution in [3.05, 3.63) is 170 Å². The summed E-state index contributed by atoms with van der Waals surface area (Å²) in [7, 11) is 0. The average Bonchev–Trinajstić information content (AvgIpc) is 3.60.